The van der Waals surface area contributed by atoms with Gasteiger partial charge in [-0.15, -0.1) is 0 Å². The lowest BCUT2D eigenvalue weighted by Crippen LogP contribution is -2.46. The number of hydrogen-bond donors (Lipinski definition) is 6. The van der Waals surface area contributed by atoms with E-state index in [0.29, 0.717) is 0 Å². The number of hydrogen-bond acceptors (Lipinski definition) is 8. The van der Waals surface area contributed by atoms with Gasteiger partial charge in [0.25, 0.3) is 0 Å². The molecule has 0 aliphatic carbocycles. The zero-order valence-corrected chi connectivity index (χ0v) is 15.7. The molecule has 10 nitrogen and oxygen atoms in total. The molecular formula is C15H27N3O7S. The second kappa shape index (κ2) is 11.8. The summed E-state index contributed by atoms with van der Waals surface area (Å²) in [6.07, 6.45) is -1.86. The highest BCUT2D eigenvalue weighted by atomic mass is 32.2. The molecule has 0 aromatic rings. The summed E-state index contributed by atoms with van der Waals surface area (Å²) in [5.74, 6) is -1.95. The molecule has 0 rings (SSSR count). The van der Waals surface area contributed by atoms with Gasteiger partial charge in [-0.3, -0.25) is 19.2 Å². The van der Waals surface area contributed by atoms with E-state index in [1.165, 1.54) is 13.8 Å². The van der Waals surface area contributed by atoms with Crippen molar-refractivity contribution in [2.24, 2.45) is 11.1 Å². The van der Waals surface area contributed by atoms with Gasteiger partial charge in [-0.25, -0.2) is 0 Å². The molecule has 0 aromatic heterocycles. The number of nitrogens with two attached hydrogens (primary N) is 1. The van der Waals surface area contributed by atoms with Crippen LogP contribution in [0.2, 0.25) is 0 Å². The zero-order valence-electron chi connectivity index (χ0n) is 14.9. The van der Waals surface area contributed by atoms with E-state index in [0.717, 1.165) is 11.8 Å². The molecule has 0 aliphatic rings. The Morgan fingerprint density at radius 1 is 1.15 bits per heavy atom. The number of aliphatic hydroxyl groups is 2. The lowest BCUT2D eigenvalue weighted by molar-refractivity contribution is -0.138. The highest BCUT2D eigenvalue weighted by Gasteiger charge is 2.32. The molecule has 0 bridgehead atoms. The van der Waals surface area contributed by atoms with Crippen molar-refractivity contribution in [3.63, 3.8) is 0 Å². The van der Waals surface area contributed by atoms with Crippen molar-refractivity contribution in [3.8, 4) is 0 Å². The van der Waals surface area contributed by atoms with Gasteiger partial charge in [-0.2, -0.15) is 0 Å². The minimum Gasteiger partial charge on any atom is -0.481 e. The van der Waals surface area contributed by atoms with Crippen molar-refractivity contribution >= 4 is 34.7 Å². The van der Waals surface area contributed by atoms with Gasteiger partial charge in [0.15, 0.2) is 0 Å². The number of nitrogens with one attached hydrogen (secondary N) is 2. The molecule has 7 N–H and O–H groups in total. The molecule has 0 saturated carbocycles. The van der Waals surface area contributed by atoms with Crippen molar-refractivity contribution in [3.05, 3.63) is 0 Å². The van der Waals surface area contributed by atoms with E-state index in [9.17, 15) is 24.3 Å². The molecule has 2 amide bonds. The topological polar surface area (TPSA) is 179 Å². The van der Waals surface area contributed by atoms with Gasteiger partial charge >= 0.3 is 5.97 Å². The van der Waals surface area contributed by atoms with Crippen molar-refractivity contribution in [1.29, 1.82) is 0 Å². The maximum absolute atomic E-state index is 11.7. The quantitative estimate of drug-likeness (QED) is 0.205. The fourth-order valence-electron chi connectivity index (χ4n) is 1.65. The van der Waals surface area contributed by atoms with Crippen LogP contribution in [0.25, 0.3) is 0 Å². The number of carboxylic acids is 1. The van der Waals surface area contributed by atoms with Crippen LogP contribution >= 0.6 is 11.8 Å². The number of carbonyl (C=O) groups excluding carboxylic acids is 3. The van der Waals surface area contributed by atoms with Crippen molar-refractivity contribution < 1.29 is 34.5 Å². The lowest BCUT2D eigenvalue weighted by Gasteiger charge is -2.27. The molecule has 0 spiro atoms. The minimum absolute atomic E-state index is 0.0127. The number of carbonyl (C=O) groups is 4. The van der Waals surface area contributed by atoms with Crippen LogP contribution in [0.5, 0.6) is 0 Å². The summed E-state index contributed by atoms with van der Waals surface area (Å²) in [6.45, 7) is 2.90. The molecule has 0 unspecified atom stereocenters. The molecule has 0 aromatic carbocycles. The van der Waals surface area contributed by atoms with Crippen LogP contribution in [0.15, 0.2) is 0 Å². The second-order valence-corrected chi connectivity index (χ2v) is 7.41. The van der Waals surface area contributed by atoms with Crippen molar-refractivity contribution in [2.45, 2.75) is 38.8 Å². The number of thioether (sulfide) groups is 1. The molecule has 0 radical (unpaired) electrons. The first kappa shape index (κ1) is 24.3. The summed E-state index contributed by atoms with van der Waals surface area (Å²) in [5, 5.41) is 31.9. The Bertz CT molecular complexity index is 513. The van der Waals surface area contributed by atoms with E-state index < -0.39 is 41.0 Å². The molecule has 0 saturated heterocycles. The summed E-state index contributed by atoms with van der Waals surface area (Å²) in [6, 6.07) is -1.09. The third-order valence-corrected chi connectivity index (χ3v) is 4.41. The monoisotopic (exact) mass is 393 g/mol. The first-order chi connectivity index (χ1) is 12.0. The number of rotatable bonds is 12. The summed E-state index contributed by atoms with van der Waals surface area (Å²) in [5.41, 5.74) is 4.42. The smallest absolute Gasteiger partial charge is 0.305 e. The third kappa shape index (κ3) is 9.70. The predicted octanol–water partition coefficient (Wildman–Crippen LogP) is -1.95. The van der Waals surface area contributed by atoms with E-state index in [-0.39, 0.29) is 37.8 Å². The Morgan fingerprint density at radius 3 is 2.31 bits per heavy atom. The Labute approximate surface area is 155 Å². The average Bonchev–Trinajstić information content (AvgIpc) is 2.56. The van der Waals surface area contributed by atoms with Crippen LogP contribution in [0, 0.1) is 5.41 Å². The van der Waals surface area contributed by atoms with E-state index in [1.807, 2.05) is 0 Å². The predicted molar refractivity (Wildman–Crippen MR) is 95.2 cm³/mol. The maximum Gasteiger partial charge on any atom is 0.305 e. The zero-order chi connectivity index (χ0) is 20.3. The lowest BCUT2D eigenvalue weighted by atomic mass is 9.87. The largest absolute Gasteiger partial charge is 0.481 e. The van der Waals surface area contributed by atoms with Gasteiger partial charge in [0, 0.05) is 30.7 Å². The molecule has 0 aliphatic heterocycles. The van der Waals surface area contributed by atoms with Gasteiger partial charge in [-0.1, -0.05) is 25.6 Å². The van der Waals surface area contributed by atoms with Gasteiger partial charge in [0.1, 0.15) is 6.10 Å². The van der Waals surface area contributed by atoms with Gasteiger partial charge < -0.3 is 31.7 Å². The standard InChI is InChI=1S/C15H27N3O7S/c1-15(2,8-19)12(23)13(24)18-4-3-10(20)17-5-6-26-14(25)9(16)7-11(21)22/h9,12,19,23H,3-8,16H2,1-2H3,(H,17,20)(H,18,24)(H,21,22)/t9-,12-/m0/s1. The molecular weight excluding hydrogens is 366 g/mol. The molecule has 150 valence electrons. The number of aliphatic hydroxyl groups excluding tert-OH is 2. The minimum atomic E-state index is -1.40. The van der Waals surface area contributed by atoms with Crippen molar-refractivity contribution in [2.75, 3.05) is 25.4 Å². The Kier molecular flexibility index (Phi) is 11.1. The van der Waals surface area contributed by atoms with E-state index >= 15 is 0 Å². The van der Waals surface area contributed by atoms with Gasteiger partial charge in [0.2, 0.25) is 16.9 Å². The van der Waals surface area contributed by atoms with Crippen LogP contribution < -0.4 is 16.4 Å². The summed E-state index contributed by atoms with van der Waals surface area (Å²) in [4.78, 5) is 45.3. The summed E-state index contributed by atoms with van der Waals surface area (Å²) < 4.78 is 0. The molecule has 26 heavy (non-hydrogen) atoms. The normalized spacial score (nSPS) is 13.6. The third-order valence-electron chi connectivity index (χ3n) is 3.41. The second-order valence-electron chi connectivity index (χ2n) is 6.31. The Balaban J connectivity index is 3.93. The molecule has 11 heteroatoms. The van der Waals surface area contributed by atoms with E-state index in [1.54, 1.807) is 0 Å². The molecule has 2 atom stereocenters. The average molecular weight is 393 g/mol. The van der Waals surface area contributed by atoms with Crippen LogP contribution in [-0.2, 0) is 19.2 Å². The maximum atomic E-state index is 11.7. The van der Waals surface area contributed by atoms with Crippen LogP contribution in [0.4, 0.5) is 0 Å². The fourth-order valence-corrected chi connectivity index (χ4v) is 2.35. The van der Waals surface area contributed by atoms with E-state index in [4.69, 9.17) is 15.9 Å². The summed E-state index contributed by atoms with van der Waals surface area (Å²) >= 11 is 0.838. The summed E-state index contributed by atoms with van der Waals surface area (Å²) in [7, 11) is 0. The van der Waals surface area contributed by atoms with Crippen LogP contribution in [-0.4, -0.2) is 75.8 Å². The first-order valence-electron chi connectivity index (χ1n) is 7.98. The fraction of sp³-hybridized carbons (Fsp3) is 0.733. The Hall–Kier alpha value is -1.69. The highest BCUT2D eigenvalue weighted by molar-refractivity contribution is 8.13. The van der Waals surface area contributed by atoms with Crippen LogP contribution in [0.1, 0.15) is 26.7 Å². The van der Waals surface area contributed by atoms with Crippen LogP contribution in [0.3, 0.4) is 0 Å². The van der Waals surface area contributed by atoms with Gasteiger partial charge in [-0.05, 0) is 0 Å². The molecule has 0 heterocycles. The molecule has 0 fully saturated rings. The van der Waals surface area contributed by atoms with Crippen molar-refractivity contribution in [1.82, 2.24) is 10.6 Å². The highest BCUT2D eigenvalue weighted by Crippen LogP contribution is 2.19. The SMILES string of the molecule is CC(C)(CO)[C@@H](O)C(=O)NCCC(=O)NCCSC(=O)[C@@H](N)CC(=O)O. The number of carboxylic acid groups (broad SMARTS) is 1. The number of amides is 2. The Morgan fingerprint density at radius 2 is 1.77 bits per heavy atom. The first-order valence-corrected chi connectivity index (χ1v) is 8.97. The van der Waals surface area contributed by atoms with Gasteiger partial charge in [0.05, 0.1) is 19.1 Å². The number of aliphatic carboxylic acids is 1. The van der Waals surface area contributed by atoms with E-state index in [2.05, 4.69) is 10.6 Å².